The predicted octanol–water partition coefficient (Wildman–Crippen LogP) is 3.63. The molecule has 0 aliphatic rings. The van der Waals surface area contributed by atoms with Gasteiger partial charge in [-0.25, -0.2) is 9.37 Å². The molecule has 0 atom stereocenters. The molecule has 8 heteroatoms. The van der Waals surface area contributed by atoms with E-state index in [1.54, 1.807) is 12.1 Å². The van der Waals surface area contributed by atoms with Crippen LogP contribution in [0.1, 0.15) is 27.9 Å². The zero-order valence-corrected chi connectivity index (χ0v) is 14.9. The number of nitrogens with zero attached hydrogens (tertiary/aromatic N) is 3. The zero-order valence-electron chi connectivity index (χ0n) is 14.1. The van der Waals surface area contributed by atoms with Crippen molar-refractivity contribution in [3.05, 3.63) is 76.2 Å². The third-order valence-corrected chi connectivity index (χ3v) is 4.95. The minimum atomic E-state index is -1.01. The lowest BCUT2D eigenvalue weighted by atomic mass is 10.1. The Morgan fingerprint density at radius 3 is 2.56 bits per heavy atom. The summed E-state index contributed by atoms with van der Waals surface area (Å²) in [4.78, 5) is 15.2. The van der Waals surface area contributed by atoms with Crippen LogP contribution in [-0.4, -0.2) is 26.3 Å². The molecular weight excluding hydrogens is 369 g/mol. The third kappa shape index (κ3) is 4.17. The first kappa shape index (κ1) is 17.3. The lowest BCUT2D eigenvalue weighted by molar-refractivity contribution is -0.136. The summed E-state index contributed by atoms with van der Waals surface area (Å²) in [5.41, 5.74) is 3.03. The van der Waals surface area contributed by atoms with Crippen molar-refractivity contribution >= 4 is 27.5 Å². The van der Waals surface area contributed by atoms with Crippen molar-refractivity contribution in [3.8, 4) is 0 Å². The van der Waals surface area contributed by atoms with Gasteiger partial charge in [0.2, 0.25) is 11.8 Å². The fraction of sp³-hybridized carbons (Fsp3) is 0.158. The molecule has 0 aliphatic carbocycles. The van der Waals surface area contributed by atoms with E-state index in [2.05, 4.69) is 21.2 Å². The van der Waals surface area contributed by atoms with Crippen LogP contribution < -0.4 is 0 Å². The van der Waals surface area contributed by atoms with Crippen molar-refractivity contribution < 1.29 is 18.7 Å². The topological polar surface area (TPSA) is 89.1 Å². The average molecular weight is 383 g/mol. The standard InChI is InChI=1S/C19H14FN3O3S/c20-13-4-1-11(2-5-13)7-12-3-6-14-15(8-12)27-18(21-14)9-16-22-23-17(26-16)10-19(24)25/h1-6,8H,7,9-10H2,(H,24,25). The molecule has 27 heavy (non-hydrogen) atoms. The molecule has 0 saturated carbocycles. The number of hydrogen-bond donors (Lipinski definition) is 1. The van der Waals surface area contributed by atoms with Crippen molar-refractivity contribution in [1.82, 2.24) is 15.2 Å². The van der Waals surface area contributed by atoms with Gasteiger partial charge in [-0.2, -0.15) is 0 Å². The van der Waals surface area contributed by atoms with E-state index in [1.165, 1.54) is 23.5 Å². The smallest absolute Gasteiger partial charge is 0.312 e. The van der Waals surface area contributed by atoms with Crippen LogP contribution in [0.15, 0.2) is 46.9 Å². The quantitative estimate of drug-likeness (QED) is 0.547. The second-order valence-electron chi connectivity index (χ2n) is 6.05. The number of benzene rings is 2. The molecule has 0 unspecified atom stereocenters. The van der Waals surface area contributed by atoms with Crippen molar-refractivity contribution in [2.24, 2.45) is 0 Å². The van der Waals surface area contributed by atoms with Gasteiger partial charge in [-0.1, -0.05) is 18.2 Å². The van der Waals surface area contributed by atoms with E-state index >= 15 is 0 Å². The Bertz CT molecular complexity index is 1110. The van der Waals surface area contributed by atoms with Crippen LogP contribution in [0.5, 0.6) is 0 Å². The molecule has 4 aromatic rings. The van der Waals surface area contributed by atoms with E-state index in [9.17, 15) is 9.18 Å². The third-order valence-electron chi connectivity index (χ3n) is 3.93. The van der Waals surface area contributed by atoms with Gasteiger partial charge < -0.3 is 9.52 Å². The van der Waals surface area contributed by atoms with Crippen LogP contribution in [-0.2, 0) is 24.1 Å². The van der Waals surface area contributed by atoms with Gasteiger partial charge in [-0.05, 0) is 41.8 Å². The van der Waals surface area contributed by atoms with E-state index in [0.717, 1.165) is 26.4 Å². The summed E-state index contributed by atoms with van der Waals surface area (Å²) in [6, 6.07) is 12.5. The van der Waals surface area contributed by atoms with Gasteiger partial charge in [0.1, 0.15) is 17.2 Å². The van der Waals surface area contributed by atoms with Gasteiger partial charge in [0.15, 0.2) is 0 Å². The minimum absolute atomic E-state index is 0.0835. The summed E-state index contributed by atoms with van der Waals surface area (Å²) in [7, 11) is 0. The van der Waals surface area contributed by atoms with Crippen LogP contribution in [0.3, 0.4) is 0 Å². The van der Waals surface area contributed by atoms with Crippen molar-refractivity contribution in [2.45, 2.75) is 19.3 Å². The maximum Gasteiger partial charge on any atom is 0.312 e. The van der Waals surface area contributed by atoms with E-state index in [1.807, 2.05) is 12.1 Å². The molecule has 0 bridgehead atoms. The van der Waals surface area contributed by atoms with Gasteiger partial charge in [0.05, 0.1) is 16.6 Å². The van der Waals surface area contributed by atoms with Crippen molar-refractivity contribution in [2.75, 3.05) is 0 Å². The molecule has 0 spiro atoms. The zero-order chi connectivity index (χ0) is 18.8. The number of thiazole rings is 1. The van der Waals surface area contributed by atoms with Crippen LogP contribution in [0.2, 0.25) is 0 Å². The Morgan fingerprint density at radius 2 is 1.78 bits per heavy atom. The van der Waals surface area contributed by atoms with Gasteiger partial charge >= 0.3 is 5.97 Å². The molecule has 0 aliphatic heterocycles. The summed E-state index contributed by atoms with van der Waals surface area (Å²) < 4.78 is 19.4. The summed E-state index contributed by atoms with van der Waals surface area (Å²) in [5, 5.41) is 17.2. The Morgan fingerprint density at radius 1 is 1.04 bits per heavy atom. The van der Waals surface area contributed by atoms with Crippen molar-refractivity contribution in [1.29, 1.82) is 0 Å². The number of fused-ring (bicyclic) bond motifs is 1. The minimum Gasteiger partial charge on any atom is -0.481 e. The second-order valence-corrected chi connectivity index (χ2v) is 7.16. The Balaban J connectivity index is 1.51. The molecule has 0 radical (unpaired) electrons. The summed E-state index contributed by atoms with van der Waals surface area (Å²) >= 11 is 1.53. The number of carboxylic acids is 1. The maximum atomic E-state index is 13.0. The first-order valence-corrected chi connectivity index (χ1v) is 9.02. The molecule has 0 fully saturated rings. The number of aromatic nitrogens is 3. The number of carbonyl (C=O) groups is 1. The molecule has 2 aromatic carbocycles. The molecular formula is C19H14FN3O3S. The lowest BCUT2D eigenvalue weighted by Crippen LogP contribution is -1.99. The number of halogens is 1. The average Bonchev–Trinajstić information content (AvgIpc) is 3.22. The number of rotatable bonds is 6. The maximum absolute atomic E-state index is 13.0. The van der Waals surface area contributed by atoms with Gasteiger partial charge in [-0.3, -0.25) is 4.79 Å². The molecule has 136 valence electrons. The molecule has 0 amide bonds. The molecule has 6 nitrogen and oxygen atoms in total. The molecule has 1 N–H and O–H groups in total. The SMILES string of the molecule is O=C(O)Cc1nnc(Cc2nc3ccc(Cc4ccc(F)cc4)cc3s2)o1. The van der Waals surface area contributed by atoms with Crippen molar-refractivity contribution in [3.63, 3.8) is 0 Å². The predicted molar refractivity (Wildman–Crippen MR) is 97.3 cm³/mol. The van der Waals surface area contributed by atoms with Crippen LogP contribution in [0, 0.1) is 5.82 Å². The molecule has 4 rings (SSSR count). The Hall–Kier alpha value is -3.13. The van der Waals surface area contributed by atoms with Crippen LogP contribution >= 0.6 is 11.3 Å². The van der Waals surface area contributed by atoms with E-state index in [4.69, 9.17) is 9.52 Å². The summed E-state index contributed by atoms with van der Waals surface area (Å²) in [6.45, 7) is 0. The molecule has 0 saturated heterocycles. The van der Waals surface area contributed by atoms with E-state index in [-0.39, 0.29) is 18.1 Å². The van der Waals surface area contributed by atoms with Crippen LogP contribution in [0.25, 0.3) is 10.2 Å². The second kappa shape index (κ2) is 7.24. The normalized spacial score (nSPS) is 11.1. The summed E-state index contributed by atoms with van der Waals surface area (Å²) in [5.74, 6) is -0.829. The number of hydrogen-bond acceptors (Lipinski definition) is 6. The number of carboxylic acid groups (broad SMARTS) is 1. The highest BCUT2D eigenvalue weighted by Crippen LogP contribution is 2.26. The monoisotopic (exact) mass is 383 g/mol. The van der Waals surface area contributed by atoms with Gasteiger partial charge in [-0.15, -0.1) is 21.5 Å². The Kier molecular flexibility index (Phi) is 4.64. The number of aliphatic carboxylic acids is 1. The summed E-state index contributed by atoms with van der Waals surface area (Å²) in [6.07, 6.45) is 0.782. The van der Waals surface area contributed by atoms with E-state index in [0.29, 0.717) is 18.7 Å². The lowest BCUT2D eigenvalue weighted by Gasteiger charge is -2.01. The fourth-order valence-corrected chi connectivity index (χ4v) is 3.75. The van der Waals surface area contributed by atoms with E-state index < -0.39 is 5.97 Å². The highest BCUT2D eigenvalue weighted by atomic mass is 32.1. The fourth-order valence-electron chi connectivity index (χ4n) is 2.73. The first-order valence-electron chi connectivity index (χ1n) is 8.21. The van der Waals surface area contributed by atoms with Gasteiger partial charge in [0.25, 0.3) is 0 Å². The Labute approximate surface area is 157 Å². The first-order chi connectivity index (χ1) is 13.0. The molecule has 2 heterocycles. The highest BCUT2D eigenvalue weighted by Gasteiger charge is 2.13. The highest BCUT2D eigenvalue weighted by molar-refractivity contribution is 7.18. The largest absolute Gasteiger partial charge is 0.481 e. The van der Waals surface area contributed by atoms with Crippen LogP contribution in [0.4, 0.5) is 4.39 Å². The van der Waals surface area contributed by atoms with Gasteiger partial charge in [0, 0.05) is 0 Å². The molecule has 2 aromatic heterocycles.